The van der Waals surface area contributed by atoms with Gasteiger partial charge in [0.1, 0.15) is 10.6 Å². The Morgan fingerprint density at radius 2 is 2.29 bits per heavy atom. The highest BCUT2D eigenvalue weighted by molar-refractivity contribution is 7.18. The van der Waals surface area contributed by atoms with Gasteiger partial charge >= 0.3 is 0 Å². The van der Waals surface area contributed by atoms with Crippen LogP contribution in [0.4, 0.5) is 11.8 Å². The van der Waals surface area contributed by atoms with Gasteiger partial charge in [0, 0.05) is 18.0 Å². The first-order valence-electron chi connectivity index (χ1n) is 7.68. The molecule has 6 heteroatoms. The molecule has 1 aliphatic rings. The summed E-state index contributed by atoms with van der Waals surface area (Å²) in [6.07, 6.45) is 3.13. The molecule has 0 saturated carbocycles. The summed E-state index contributed by atoms with van der Waals surface area (Å²) in [5, 5.41) is 7.95. The van der Waals surface area contributed by atoms with Gasteiger partial charge < -0.3 is 15.4 Å². The molecule has 0 amide bonds. The average Bonchev–Trinajstić information content (AvgIpc) is 3.13. The van der Waals surface area contributed by atoms with Crippen molar-refractivity contribution in [3.8, 4) is 0 Å². The van der Waals surface area contributed by atoms with Gasteiger partial charge in [0.2, 0.25) is 5.95 Å². The van der Waals surface area contributed by atoms with Crippen molar-refractivity contribution in [2.24, 2.45) is 0 Å². The molecule has 5 nitrogen and oxygen atoms in total. The molecule has 3 rings (SSSR count). The molecule has 2 N–H and O–H groups in total. The van der Waals surface area contributed by atoms with E-state index in [-0.39, 0.29) is 0 Å². The van der Waals surface area contributed by atoms with Gasteiger partial charge in [-0.3, -0.25) is 0 Å². The minimum absolute atomic E-state index is 0.354. The second-order valence-electron chi connectivity index (χ2n) is 5.31. The van der Waals surface area contributed by atoms with Crippen LogP contribution in [0.3, 0.4) is 0 Å². The van der Waals surface area contributed by atoms with Crippen LogP contribution in [-0.2, 0) is 11.2 Å². The zero-order valence-electron chi connectivity index (χ0n) is 12.6. The molecule has 1 saturated heterocycles. The van der Waals surface area contributed by atoms with Gasteiger partial charge in [0.25, 0.3) is 0 Å². The fraction of sp³-hybridized carbons (Fsp3) is 0.600. The molecule has 2 aromatic rings. The van der Waals surface area contributed by atoms with E-state index in [1.807, 2.05) is 0 Å². The number of nitrogens with zero attached hydrogens (tertiary/aromatic N) is 2. The molecular weight excluding hydrogens is 284 g/mol. The van der Waals surface area contributed by atoms with Crippen LogP contribution in [-0.4, -0.2) is 35.8 Å². The summed E-state index contributed by atoms with van der Waals surface area (Å²) in [4.78, 5) is 11.7. The summed E-state index contributed by atoms with van der Waals surface area (Å²) in [5.74, 6) is 1.65. The minimum atomic E-state index is 0.354. The number of nitrogens with one attached hydrogen (secondary N) is 2. The quantitative estimate of drug-likeness (QED) is 0.857. The van der Waals surface area contributed by atoms with Crippen molar-refractivity contribution in [1.82, 2.24) is 9.97 Å². The van der Waals surface area contributed by atoms with Crippen LogP contribution in [0.1, 0.15) is 31.6 Å². The van der Waals surface area contributed by atoms with Crippen LogP contribution in [0, 0.1) is 0 Å². The molecular formula is C15H22N4OS. The van der Waals surface area contributed by atoms with Crippen molar-refractivity contribution in [3.63, 3.8) is 0 Å². The van der Waals surface area contributed by atoms with Crippen LogP contribution in [0.25, 0.3) is 10.2 Å². The summed E-state index contributed by atoms with van der Waals surface area (Å²) in [7, 11) is 0. The van der Waals surface area contributed by atoms with E-state index in [4.69, 9.17) is 4.74 Å². The zero-order chi connectivity index (χ0) is 14.7. The Kier molecular flexibility index (Phi) is 4.55. The van der Waals surface area contributed by atoms with E-state index in [0.717, 1.165) is 61.0 Å². The largest absolute Gasteiger partial charge is 0.379 e. The summed E-state index contributed by atoms with van der Waals surface area (Å²) in [6, 6.07) is 2.56. The van der Waals surface area contributed by atoms with Gasteiger partial charge in [-0.15, -0.1) is 11.3 Å². The van der Waals surface area contributed by atoms with Crippen LogP contribution in [0.15, 0.2) is 6.07 Å². The molecule has 2 aromatic heterocycles. The van der Waals surface area contributed by atoms with Crippen molar-refractivity contribution in [3.05, 3.63) is 10.9 Å². The van der Waals surface area contributed by atoms with E-state index >= 15 is 0 Å². The Balaban J connectivity index is 1.94. The van der Waals surface area contributed by atoms with Gasteiger partial charge in [0.15, 0.2) is 0 Å². The maximum Gasteiger partial charge on any atom is 0.226 e. The molecule has 1 unspecified atom stereocenters. The third-order valence-corrected chi connectivity index (χ3v) is 4.77. The normalized spacial score (nSPS) is 18.3. The molecule has 1 fully saturated rings. The van der Waals surface area contributed by atoms with E-state index < -0.39 is 0 Å². The highest BCUT2D eigenvalue weighted by atomic mass is 32.1. The monoisotopic (exact) mass is 306 g/mol. The molecule has 114 valence electrons. The summed E-state index contributed by atoms with van der Waals surface area (Å²) in [5.41, 5.74) is 0. The smallest absolute Gasteiger partial charge is 0.226 e. The number of thiophene rings is 1. The number of aromatic nitrogens is 2. The lowest BCUT2D eigenvalue weighted by Gasteiger charge is -2.13. The van der Waals surface area contributed by atoms with Gasteiger partial charge in [-0.2, -0.15) is 4.98 Å². The fourth-order valence-electron chi connectivity index (χ4n) is 2.41. The highest BCUT2D eigenvalue weighted by Crippen LogP contribution is 2.31. The number of ether oxygens (including phenoxy) is 1. The first-order chi connectivity index (χ1) is 10.3. The summed E-state index contributed by atoms with van der Waals surface area (Å²) >= 11 is 1.75. The molecule has 0 aliphatic carbocycles. The van der Waals surface area contributed by atoms with E-state index in [0.29, 0.717) is 6.04 Å². The Labute approximate surface area is 129 Å². The Hall–Kier alpha value is -1.40. The second-order valence-corrected chi connectivity index (χ2v) is 6.43. The van der Waals surface area contributed by atoms with E-state index in [1.165, 1.54) is 4.88 Å². The number of hydrogen-bond acceptors (Lipinski definition) is 6. The molecule has 0 spiro atoms. The third kappa shape index (κ3) is 3.27. The zero-order valence-corrected chi connectivity index (χ0v) is 13.4. The number of hydrogen-bond donors (Lipinski definition) is 2. The maximum absolute atomic E-state index is 5.44. The van der Waals surface area contributed by atoms with Crippen molar-refractivity contribution in [1.29, 1.82) is 0 Å². The lowest BCUT2D eigenvalue weighted by Crippen LogP contribution is -2.20. The van der Waals surface area contributed by atoms with Crippen molar-refractivity contribution in [2.75, 3.05) is 30.4 Å². The minimum Gasteiger partial charge on any atom is -0.379 e. The molecule has 3 heterocycles. The number of anilines is 2. The predicted molar refractivity (Wildman–Crippen MR) is 88.4 cm³/mol. The van der Waals surface area contributed by atoms with Crippen LogP contribution >= 0.6 is 11.3 Å². The fourth-order valence-corrected chi connectivity index (χ4v) is 3.38. The van der Waals surface area contributed by atoms with E-state index in [2.05, 4.69) is 40.5 Å². The second kappa shape index (κ2) is 6.58. The van der Waals surface area contributed by atoms with Gasteiger partial charge in [-0.1, -0.05) is 13.8 Å². The predicted octanol–water partition coefficient (Wildman–Crippen LogP) is 3.28. The first kappa shape index (κ1) is 14.5. The third-order valence-electron chi connectivity index (χ3n) is 3.60. The Morgan fingerprint density at radius 3 is 3.00 bits per heavy atom. The molecule has 1 atom stereocenters. The first-order valence-corrected chi connectivity index (χ1v) is 8.50. The molecule has 0 bridgehead atoms. The number of aryl methyl sites for hydroxylation is 1. The highest BCUT2D eigenvalue weighted by Gasteiger charge is 2.18. The van der Waals surface area contributed by atoms with Crippen LogP contribution in [0.5, 0.6) is 0 Å². The molecule has 21 heavy (non-hydrogen) atoms. The Morgan fingerprint density at radius 1 is 1.38 bits per heavy atom. The van der Waals surface area contributed by atoms with Crippen LogP contribution < -0.4 is 10.6 Å². The SMILES string of the molecule is CCCNc1nc(NC2CCOC2)c2cc(CC)sc2n1. The van der Waals surface area contributed by atoms with Gasteiger partial charge in [-0.05, 0) is 25.3 Å². The van der Waals surface area contributed by atoms with Gasteiger partial charge in [-0.25, -0.2) is 4.98 Å². The lowest BCUT2D eigenvalue weighted by molar-refractivity contribution is 0.195. The standard InChI is InChI=1S/C15H22N4OS/c1-3-6-16-15-18-13(17-10-5-7-20-9-10)12-8-11(4-2)21-14(12)19-15/h8,10H,3-7,9H2,1-2H3,(H2,16,17,18,19). The van der Waals surface area contributed by atoms with Crippen molar-refractivity contribution in [2.45, 2.75) is 39.2 Å². The molecule has 0 radical (unpaired) electrons. The van der Waals surface area contributed by atoms with Crippen molar-refractivity contribution < 1.29 is 4.74 Å². The number of rotatable bonds is 6. The van der Waals surface area contributed by atoms with E-state index in [1.54, 1.807) is 11.3 Å². The molecule has 0 aromatic carbocycles. The topological polar surface area (TPSA) is 59.1 Å². The lowest BCUT2D eigenvalue weighted by atomic mass is 10.2. The van der Waals surface area contributed by atoms with Crippen molar-refractivity contribution >= 4 is 33.3 Å². The van der Waals surface area contributed by atoms with Gasteiger partial charge in [0.05, 0.1) is 18.0 Å². The maximum atomic E-state index is 5.44. The number of fused-ring (bicyclic) bond motifs is 1. The van der Waals surface area contributed by atoms with E-state index in [9.17, 15) is 0 Å². The molecule has 1 aliphatic heterocycles. The Bertz CT molecular complexity index is 607. The summed E-state index contributed by atoms with van der Waals surface area (Å²) in [6.45, 7) is 6.79. The summed E-state index contributed by atoms with van der Waals surface area (Å²) < 4.78 is 5.44. The van der Waals surface area contributed by atoms with Crippen LogP contribution in [0.2, 0.25) is 0 Å². The average molecular weight is 306 g/mol.